The fourth-order valence-corrected chi connectivity index (χ4v) is 5.68. The van der Waals surface area contributed by atoms with Crippen LogP contribution in [0.4, 0.5) is 0 Å². The number of carbonyl (C=O) groups is 1. The van der Waals surface area contributed by atoms with Gasteiger partial charge in [-0.1, -0.05) is 111 Å². The summed E-state index contributed by atoms with van der Waals surface area (Å²) in [4.78, 5) is 15.1. The Balaban J connectivity index is 1.92. The number of hydrogen-bond donors (Lipinski definition) is 2. The number of carbonyl (C=O) groups excluding carboxylic acids is 1. The summed E-state index contributed by atoms with van der Waals surface area (Å²) in [7, 11) is 0. The number of benzene rings is 3. The van der Waals surface area contributed by atoms with Crippen molar-refractivity contribution in [1.82, 2.24) is 4.90 Å². The van der Waals surface area contributed by atoms with E-state index in [1.54, 1.807) is 0 Å². The molecule has 0 saturated carbocycles. The van der Waals surface area contributed by atoms with Crippen molar-refractivity contribution in [2.24, 2.45) is 17.4 Å². The maximum absolute atomic E-state index is 12.8. The summed E-state index contributed by atoms with van der Waals surface area (Å²) in [5.41, 5.74) is 14.7. The lowest BCUT2D eigenvalue weighted by molar-refractivity contribution is -0.123. The lowest BCUT2D eigenvalue weighted by atomic mass is 9.70. The Morgan fingerprint density at radius 1 is 0.872 bits per heavy atom. The average Bonchev–Trinajstić information content (AvgIpc) is 2.96. The number of unbranched alkanes of at least 4 members (excludes halogenated alkanes) is 1. The Labute approximate surface area is 234 Å². The Kier molecular flexibility index (Phi) is 11.7. The molecule has 4 N–H and O–H groups in total. The molecule has 3 aromatic rings. The summed E-state index contributed by atoms with van der Waals surface area (Å²) < 4.78 is 0. The van der Waals surface area contributed by atoms with Gasteiger partial charge in [0.15, 0.2) is 0 Å². The third-order valence-electron chi connectivity index (χ3n) is 8.01. The number of nitrogens with two attached hydrogens (primary N) is 2. The van der Waals surface area contributed by atoms with Crippen LogP contribution in [0.25, 0.3) is 0 Å². The summed E-state index contributed by atoms with van der Waals surface area (Å²) >= 11 is 0. The van der Waals surface area contributed by atoms with Crippen molar-refractivity contribution in [3.8, 4) is 6.07 Å². The Morgan fingerprint density at radius 3 is 1.87 bits per heavy atom. The summed E-state index contributed by atoms with van der Waals surface area (Å²) in [6.07, 6.45) is 3.86. The van der Waals surface area contributed by atoms with Crippen LogP contribution in [0.3, 0.4) is 0 Å². The molecular weight excluding hydrogens is 480 g/mol. The van der Waals surface area contributed by atoms with E-state index in [1.807, 2.05) is 30.3 Å². The highest BCUT2D eigenvalue weighted by Crippen LogP contribution is 2.37. The third kappa shape index (κ3) is 8.02. The molecule has 1 amide bonds. The standard InChI is InChI=1S/C34H44N4O/c1-27(2)34(26-36,30-19-10-5-11-20-30)22-14-24-38(32(33(37)39)21-12-13-23-35)25-31(28-15-6-3-7-16-28)29-17-8-4-9-18-29/h3-11,15-20,27,31-32H,12-14,21-25,35H2,1-2H3,(H2,37,39)/t32-,34?/m0/s1. The molecule has 3 aromatic carbocycles. The number of nitrogens with zero attached hydrogens (tertiary/aromatic N) is 2. The molecule has 0 saturated heterocycles. The molecule has 0 heterocycles. The zero-order valence-corrected chi connectivity index (χ0v) is 23.5. The lowest BCUT2D eigenvalue weighted by Gasteiger charge is -2.36. The van der Waals surface area contributed by atoms with Crippen molar-refractivity contribution in [2.45, 2.75) is 63.3 Å². The second-order valence-corrected chi connectivity index (χ2v) is 10.8. The molecule has 0 bridgehead atoms. The number of primary amides is 1. The fourth-order valence-electron chi connectivity index (χ4n) is 5.68. The molecule has 5 nitrogen and oxygen atoms in total. The third-order valence-corrected chi connectivity index (χ3v) is 8.01. The first-order chi connectivity index (χ1) is 18.9. The van der Waals surface area contributed by atoms with Gasteiger partial charge in [0.05, 0.1) is 17.5 Å². The van der Waals surface area contributed by atoms with Crippen LogP contribution in [0.2, 0.25) is 0 Å². The van der Waals surface area contributed by atoms with Gasteiger partial charge in [-0.25, -0.2) is 0 Å². The zero-order chi connectivity index (χ0) is 28.1. The van der Waals surface area contributed by atoms with E-state index in [1.165, 1.54) is 11.1 Å². The van der Waals surface area contributed by atoms with Crippen LogP contribution in [-0.2, 0) is 10.2 Å². The topological polar surface area (TPSA) is 96.1 Å². The normalized spacial score (nSPS) is 13.8. The predicted molar refractivity (Wildman–Crippen MR) is 160 cm³/mol. The quantitative estimate of drug-likeness (QED) is 0.225. The lowest BCUT2D eigenvalue weighted by Crippen LogP contribution is -2.47. The van der Waals surface area contributed by atoms with E-state index in [-0.39, 0.29) is 17.7 Å². The minimum absolute atomic E-state index is 0.0868. The summed E-state index contributed by atoms with van der Waals surface area (Å²) in [6.45, 7) is 6.17. The molecule has 39 heavy (non-hydrogen) atoms. The van der Waals surface area contributed by atoms with Gasteiger partial charge in [0.1, 0.15) is 0 Å². The van der Waals surface area contributed by atoms with Gasteiger partial charge in [0.2, 0.25) is 5.91 Å². The summed E-state index contributed by atoms with van der Waals surface area (Å²) in [5.74, 6) is -0.0645. The average molecular weight is 525 g/mol. The van der Waals surface area contributed by atoms with E-state index >= 15 is 0 Å². The number of amides is 1. The van der Waals surface area contributed by atoms with Crippen LogP contribution in [0.1, 0.15) is 68.6 Å². The monoisotopic (exact) mass is 524 g/mol. The molecule has 0 radical (unpaired) electrons. The Morgan fingerprint density at radius 2 is 1.41 bits per heavy atom. The van der Waals surface area contributed by atoms with E-state index in [2.05, 4.69) is 85.5 Å². The highest BCUT2D eigenvalue weighted by atomic mass is 16.1. The van der Waals surface area contributed by atoms with E-state index in [9.17, 15) is 10.1 Å². The van der Waals surface area contributed by atoms with Crippen LogP contribution >= 0.6 is 0 Å². The Hall–Kier alpha value is -3.46. The maximum Gasteiger partial charge on any atom is 0.234 e. The number of nitriles is 1. The molecule has 0 aromatic heterocycles. The Bertz CT molecular complexity index is 1120. The molecule has 0 aliphatic rings. The van der Waals surface area contributed by atoms with Crippen LogP contribution in [0, 0.1) is 17.2 Å². The minimum Gasteiger partial charge on any atom is -0.368 e. The van der Waals surface area contributed by atoms with Gasteiger partial charge in [0.25, 0.3) is 0 Å². The highest BCUT2D eigenvalue weighted by Gasteiger charge is 2.36. The van der Waals surface area contributed by atoms with Crippen molar-refractivity contribution >= 4 is 5.91 Å². The molecule has 0 aliphatic carbocycles. The zero-order valence-electron chi connectivity index (χ0n) is 23.5. The molecule has 0 fully saturated rings. The number of rotatable bonds is 16. The molecule has 3 rings (SSSR count). The van der Waals surface area contributed by atoms with E-state index in [4.69, 9.17) is 11.5 Å². The first-order valence-electron chi connectivity index (χ1n) is 14.2. The van der Waals surface area contributed by atoms with Crippen LogP contribution < -0.4 is 11.5 Å². The molecule has 1 unspecified atom stereocenters. The predicted octanol–water partition coefficient (Wildman–Crippen LogP) is 6.00. The van der Waals surface area contributed by atoms with Gasteiger partial charge in [-0.2, -0.15) is 5.26 Å². The highest BCUT2D eigenvalue weighted by molar-refractivity contribution is 5.79. The van der Waals surface area contributed by atoms with Crippen molar-refractivity contribution in [3.63, 3.8) is 0 Å². The second-order valence-electron chi connectivity index (χ2n) is 10.8. The molecule has 0 spiro atoms. The first-order valence-corrected chi connectivity index (χ1v) is 14.2. The fraction of sp³-hybridized carbons (Fsp3) is 0.412. The molecule has 0 aliphatic heterocycles. The first kappa shape index (κ1) is 30.1. The second kappa shape index (κ2) is 15.2. The molecule has 2 atom stereocenters. The van der Waals surface area contributed by atoms with Crippen molar-refractivity contribution in [2.75, 3.05) is 19.6 Å². The SMILES string of the molecule is CC(C)C(C#N)(CCCN(CC(c1ccccc1)c1ccccc1)[C@@H](CCCCN)C(N)=O)c1ccccc1. The van der Waals surface area contributed by atoms with Crippen LogP contribution in [0.5, 0.6) is 0 Å². The molecular formula is C34H44N4O. The van der Waals surface area contributed by atoms with Crippen molar-refractivity contribution in [1.29, 1.82) is 5.26 Å². The van der Waals surface area contributed by atoms with Gasteiger partial charge in [-0.15, -0.1) is 0 Å². The van der Waals surface area contributed by atoms with Crippen LogP contribution in [-0.4, -0.2) is 36.5 Å². The summed E-state index contributed by atoms with van der Waals surface area (Å²) in [5, 5.41) is 10.4. The van der Waals surface area contributed by atoms with Gasteiger partial charge in [0, 0.05) is 12.5 Å². The van der Waals surface area contributed by atoms with Gasteiger partial charge in [-0.05, 0) is 61.4 Å². The van der Waals surface area contributed by atoms with Gasteiger partial charge < -0.3 is 11.5 Å². The van der Waals surface area contributed by atoms with E-state index in [0.29, 0.717) is 32.5 Å². The largest absolute Gasteiger partial charge is 0.368 e. The molecule has 5 heteroatoms. The van der Waals surface area contributed by atoms with Crippen molar-refractivity contribution in [3.05, 3.63) is 108 Å². The van der Waals surface area contributed by atoms with E-state index in [0.717, 1.165) is 24.8 Å². The van der Waals surface area contributed by atoms with Gasteiger partial charge >= 0.3 is 0 Å². The van der Waals surface area contributed by atoms with Crippen LogP contribution in [0.15, 0.2) is 91.0 Å². The van der Waals surface area contributed by atoms with Gasteiger partial charge in [-0.3, -0.25) is 9.69 Å². The van der Waals surface area contributed by atoms with Crippen molar-refractivity contribution < 1.29 is 4.79 Å². The molecule has 206 valence electrons. The van der Waals surface area contributed by atoms with E-state index < -0.39 is 11.5 Å². The summed E-state index contributed by atoms with van der Waals surface area (Å²) in [6, 6.07) is 33.3. The number of hydrogen-bond acceptors (Lipinski definition) is 4. The maximum atomic E-state index is 12.8. The smallest absolute Gasteiger partial charge is 0.234 e. The minimum atomic E-state index is -0.590.